The van der Waals surface area contributed by atoms with Gasteiger partial charge in [0.25, 0.3) is 0 Å². The molecule has 0 unspecified atom stereocenters. The first-order valence-electron chi connectivity index (χ1n) is 11.2. The third kappa shape index (κ3) is 5.54. The standard InChI is InChI=1S/C25H31ClN4O2/c1-25(2,3)32-24(31)29-13-7-9-19(16-29)15-27-23-28-21-11-4-5-12-22(21)30(23)17-18-8-6-10-20(26)14-18/h4-6,8,10-12,14,19H,7,9,13,15-17H2,1-3H3,(H,27,28)/t19-/m0/s1. The lowest BCUT2D eigenvalue weighted by Crippen LogP contribution is -2.44. The van der Waals surface area contributed by atoms with E-state index in [-0.39, 0.29) is 6.09 Å². The fourth-order valence-electron chi connectivity index (χ4n) is 4.15. The fourth-order valence-corrected chi connectivity index (χ4v) is 4.36. The van der Waals surface area contributed by atoms with Crippen molar-refractivity contribution < 1.29 is 9.53 Å². The Hall–Kier alpha value is -2.73. The fraction of sp³-hybridized carbons (Fsp3) is 0.440. The highest BCUT2D eigenvalue weighted by molar-refractivity contribution is 6.30. The number of fused-ring (bicyclic) bond motifs is 1. The first kappa shape index (κ1) is 22.5. The summed E-state index contributed by atoms with van der Waals surface area (Å²) < 4.78 is 7.75. The molecule has 170 valence electrons. The normalized spacial score (nSPS) is 16.9. The number of carbonyl (C=O) groups excluding carboxylic acids is 1. The van der Waals surface area contributed by atoms with E-state index in [0.29, 0.717) is 19.0 Å². The minimum atomic E-state index is -0.479. The molecule has 2 aromatic carbocycles. The van der Waals surface area contributed by atoms with E-state index in [0.717, 1.165) is 53.5 Å². The van der Waals surface area contributed by atoms with Crippen molar-refractivity contribution in [3.05, 3.63) is 59.1 Å². The van der Waals surface area contributed by atoms with Gasteiger partial charge in [-0.25, -0.2) is 9.78 Å². The number of piperidine rings is 1. The molecule has 0 spiro atoms. The van der Waals surface area contributed by atoms with Gasteiger partial charge in [0.05, 0.1) is 17.6 Å². The van der Waals surface area contributed by atoms with E-state index in [9.17, 15) is 4.79 Å². The highest BCUT2D eigenvalue weighted by Crippen LogP contribution is 2.24. The van der Waals surface area contributed by atoms with E-state index in [1.54, 1.807) is 0 Å². The van der Waals surface area contributed by atoms with Crippen LogP contribution in [-0.2, 0) is 11.3 Å². The Morgan fingerprint density at radius 3 is 2.81 bits per heavy atom. The van der Waals surface area contributed by atoms with Gasteiger partial charge < -0.3 is 19.5 Å². The zero-order chi connectivity index (χ0) is 22.7. The summed E-state index contributed by atoms with van der Waals surface area (Å²) in [6.07, 6.45) is 1.82. The average molecular weight is 455 g/mol. The molecule has 4 rings (SSSR count). The van der Waals surface area contributed by atoms with Crippen LogP contribution in [0.1, 0.15) is 39.2 Å². The van der Waals surface area contributed by atoms with Gasteiger partial charge in [-0.2, -0.15) is 0 Å². The first-order chi connectivity index (χ1) is 15.3. The number of anilines is 1. The van der Waals surface area contributed by atoms with Gasteiger partial charge in [0.2, 0.25) is 5.95 Å². The zero-order valence-electron chi connectivity index (χ0n) is 19.0. The summed E-state index contributed by atoms with van der Waals surface area (Å²) >= 11 is 6.20. The topological polar surface area (TPSA) is 59.4 Å². The number of benzene rings is 2. The summed E-state index contributed by atoms with van der Waals surface area (Å²) in [6.45, 7) is 8.57. The van der Waals surface area contributed by atoms with E-state index in [1.165, 1.54) is 0 Å². The smallest absolute Gasteiger partial charge is 0.410 e. The minimum absolute atomic E-state index is 0.226. The highest BCUT2D eigenvalue weighted by atomic mass is 35.5. The van der Waals surface area contributed by atoms with Gasteiger partial charge in [-0.15, -0.1) is 0 Å². The van der Waals surface area contributed by atoms with Gasteiger partial charge in [0, 0.05) is 24.7 Å². The van der Waals surface area contributed by atoms with Crippen LogP contribution in [0.15, 0.2) is 48.5 Å². The third-order valence-corrected chi connectivity index (χ3v) is 5.84. The van der Waals surface area contributed by atoms with Gasteiger partial charge in [-0.05, 0) is 69.4 Å². The molecule has 0 radical (unpaired) electrons. The molecule has 1 aromatic heterocycles. The average Bonchev–Trinajstić information content (AvgIpc) is 3.09. The second-order valence-corrected chi connectivity index (χ2v) is 9.89. The predicted molar refractivity (Wildman–Crippen MR) is 129 cm³/mol. The summed E-state index contributed by atoms with van der Waals surface area (Å²) in [5.41, 5.74) is 2.68. The Morgan fingerprint density at radius 2 is 2.03 bits per heavy atom. The number of rotatable bonds is 5. The van der Waals surface area contributed by atoms with Crippen LogP contribution in [0, 0.1) is 5.92 Å². The summed E-state index contributed by atoms with van der Waals surface area (Å²) in [7, 11) is 0. The van der Waals surface area contributed by atoms with Crippen LogP contribution in [0.4, 0.5) is 10.7 Å². The van der Waals surface area contributed by atoms with E-state index >= 15 is 0 Å². The number of halogens is 1. The van der Waals surface area contributed by atoms with Crippen molar-refractivity contribution in [1.29, 1.82) is 0 Å². The summed E-state index contributed by atoms with van der Waals surface area (Å²) in [5, 5.41) is 4.28. The number of nitrogens with zero attached hydrogens (tertiary/aromatic N) is 3. The Kier molecular flexibility index (Phi) is 6.60. The number of carbonyl (C=O) groups is 1. The molecule has 7 heteroatoms. The van der Waals surface area contributed by atoms with Crippen LogP contribution < -0.4 is 5.32 Å². The Balaban J connectivity index is 1.47. The highest BCUT2D eigenvalue weighted by Gasteiger charge is 2.27. The van der Waals surface area contributed by atoms with Crippen molar-refractivity contribution in [2.45, 2.75) is 45.8 Å². The summed E-state index contributed by atoms with van der Waals surface area (Å²) in [6, 6.07) is 16.1. The van der Waals surface area contributed by atoms with Gasteiger partial charge in [0.15, 0.2) is 0 Å². The molecule has 1 aliphatic heterocycles. The summed E-state index contributed by atoms with van der Waals surface area (Å²) in [4.78, 5) is 19.2. The molecular formula is C25H31ClN4O2. The molecule has 1 amide bonds. The molecule has 1 N–H and O–H groups in total. The molecule has 0 aliphatic carbocycles. The number of ether oxygens (including phenoxy) is 1. The van der Waals surface area contributed by atoms with Crippen LogP contribution >= 0.6 is 11.6 Å². The van der Waals surface area contributed by atoms with E-state index < -0.39 is 5.60 Å². The molecular weight excluding hydrogens is 424 g/mol. The maximum atomic E-state index is 12.5. The SMILES string of the molecule is CC(C)(C)OC(=O)N1CCC[C@@H](CNc2nc3ccccc3n2Cc2cccc(Cl)c2)C1. The van der Waals surface area contributed by atoms with Crippen molar-refractivity contribution in [2.75, 3.05) is 25.0 Å². The Labute approximate surface area is 194 Å². The minimum Gasteiger partial charge on any atom is -0.444 e. The number of aromatic nitrogens is 2. The van der Waals surface area contributed by atoms with E-state index in [4.69, 9.17) is 21.3 Å². The van der Waals surface area contributed by atoms with E-state index in [1.807, 2.05) is 62.1 Å². The number of amides is 1. The summed E-state index contributed by atoms with van der Waals surface area (Å²) in [5.74, 6) is 1.18. The molecule has 0 saturated carbocycles. The molecule has 1 fully saturated rings. The van der Waals surface area contributed by atoms with Crippen molar-refractivity contribution in [2.24, 2.45) is 5.92 Å². The maximum absolute atomic E-state index is 12.5. The van der Waals surface area contributed by atoms with Gasteiger partial charge in [-0.1, -0.05) is 35.9 Å². The van der Waals surface area contributed by atoms with Crippen molar-refractivity contribution in [3.63, 3.8) is 0 Å². The lowest BCUT2D eigenvalue weighted by atomic mass is 9.98. The number of hydrogen-bond donors (Lipinski definition) is 1. The second kappa shape index (κ2) is 9.41. The van der Waals surface area contributed by atoms with Crippen molar-refractivity contribution >= 4 is 34.7 Å². The monoisotopic (exact) mass is 454 g/mol. The number of hydrogen-bond acceptors (Lipinski definition) is 4. The molecule has 1 atom stereocenters. The third-order valence-electron chi connectivity index (χ3n) is 5.60. The molecule has 2 heterocycles. The largest absolute Gasteiger partial charge is 0.444 e. The molecule has 3 aromatic rings. The molecule has 0 bridgehead atoms. The molecule has 1 saturated heterocycles. The number of likely N-dealkylation sites (tertiary alicyclic amines) is 1. The van der Waals surface area contributed by atoms with Crippen LogP contribution in [0.5, 0.6) is 0 Å². The zero-order valence-corrected chi connectivity index (χ0v) is 19.7. The lowest BCUT2D eigenvalue weighted by molar-refractivity contribution is 0.0172. The van der Waals surface area contributed by atoms with Crippen LogP contribution in [0.2, 0.25) is 5.02 Å². The second-order valence-electron chi connectivity index (χ2n) is 9.46. The number of para-hydroxylation sites is 2. The molecule has 32 heavy (non-hydrogen) atoms. The Bertz CT molecular complexity index is 1090. The maximum Gasteiger partial charge on any atom is 0.410 e. The number of imidazole rings is 1. The van der Waals surface area contributed by atoms with Crippen LogP contribution in [0.3, 0.4) is 0 Å². The first-order valence-corrected chi connectivity index (χ1v) is 11.6. The number of nitrogens with one attached hydrogen (secondary N) is 1. The Morgan fingerprint density at radius 1 is 1.22 bits per heavy atom. The molecule has 1 aliphatic rings. The van der Waals surface area contributed by atoms with Crippen molar-refractivity contribution in [1.82, 2.24) is 14.5 Å². The van der Waals surface area contributed by atoms with Gasteiger partial charge in [-0.3, -0.25) is 0 Å². The van der Waals surface area contributed by atoms with Gasteiger partial charge >= 0.3 is 6.09 Å². The van der Waals surface area contributed by atoms with Crippen LogP contribution in [-0.4, -0.2) is 45.8 Å². The lowest BCUT2D eigenvalue weighted by Gasteiger charge is -2.34. The molecule has 6 nitrogen and oxygen atoms in total. The van der Waals surface area contributed by atoms with E-state index in [2.05, 4.69) is 22.0 Å². The quantitative estimate of drug-likeness (QED) is 0.529. The van der Waals surface area contributed by atoms with Crippen molar-refractivity contribution in [3.8, 4) is 0 Å². The van der Waals surface area contributed by atoms with Gasteiger partial charge in [0.1, 0.15) is 5.60 Å². The predicted octanol–water partition coefficient (Wildman–Crippen LogP) is 5.80. The van der Waals surface area contributed by atoms with Crippen LogP contribution in [0.25, 0.3) is 11.0 Å².